The molecule has 4 N–H and O–H groups in total. The van der Waals surface area contributed by atoms with Gasteiger partial charge in [0.2, 0.25) is 0 Å². The van der Waals surface area contributed by atoms with Crippen LogP contribution in [0.4, 0.5) is 13.2 Å². The van der Waals surface area contributed by atoms with E-state index in [4.69, 9.17) is 5.73 Å². The molecule has 0 aliphatic carbocycles. The van der Waals surface area contributed by atoms with Gasteiger partial charge in [0.25, 0.3) is 0 Å². The van der Waals surface area contributed by atoms with Crippen molar-refractivity contribution >= 4 is 0 Å². The highest BCUT2D eigenvalue weighted by Crippen LogP contribution is 2.19. The average Bonchev–Trinajstić information content (AvgIpc) is 1.62. The van der Waals surface area contributed by atoms with E-state index in [1.807, 2.05) is 0 Å². The predicted molar refractivity (Wildman–Crippen MR) is 27.7 cm³/mol. The van der Waals surface area contributed by atoms with Crippen LogP contribution in [0.1, 0.15) is 6.92 Å². The van der Waals surface area contributed by atoms with Crippen LogP contribution in [-0.2, 0) is 0 Å². The van der Waals surface area contributed by atoms with Gasteiger partial charge < -0.3 is 11.5 Å². The summed E-state index contributed by atoms with van der Waals surface area (Å²) in [6.45, 7) is 1.22. The highest BCUT2D eigenvalue weighted by molar-refractivity contribution is 4.78. The molecule has 0 aromatic carbocycles. The van der Waals surface area contributed by atoms with Crippen molar-refractivity contribution in [3.63, 3.8) is 0 Å². The maximum Gasteiger partial charge on any atom is 0.405 e. The lowest BCUT2D eigenvalue weighted by atomic mass is 10.2. The molecular weight excluding hydrogens is 133 g/mol. The molecule has 0 aliphatic rings. The van der Waals surface area contributed by atoms with Crippen molar-refractivity contribution < 1.29 is 13.2 Å². The largest absolute Gasteiger partial charge is 0.405 e. The number of nitrogens with two attached hydrogens (primary N) is 2. The van der Waals surface area contributed by atoms with Gasteiger partial charge >= 0.3 is 6.18 Å². The highest BCUT2D eigenvalue weighted by Gasteiger charge is 2.38. The minimum atomic E-state index is -4.37. The van der Waals surface area contributed by atoms with Crippen LogP contribution in [0.3, 0.4) is 0 Å². The number of alkyl halides is 3. The van der Waals surface area contributed by atoms with Crippen LogP contribution in [0.25, 0.3) is 0 Å². The Labute approximate surface area is 51.0 Å². The second-order valence-electron chi connectivity index (χ2n) is 1.93. The Balaban J connectivity index is 3.88. The third-order valence-electron chi connectivity index (χ3n) is 0.944. The highest BCUT2D eigenvalue weighted by atomic mass is 19.4. The van der Waals surface area contributed by atoms with Gasteiger partial charge in [0.15, 0.2) is 0 Å². The normalized spacial score (nSPS) is 19.3. The smallest absolute Gasteiger partial charge is 0.326 e. The topological polar surface area (TPSA) is 52.0 Å². The lowest BCUT2D eigenvalue weighted by Gasteiger charge is -2.18. The van der Waals surface area contributed by atoms with E-state index in [1.54, 1.807) is 0 Å². The van der Waals surface area contributed by atoms with Crippen LogP contribution >= 0.6 is 0 Å². The standard InChI is InChI=1S/C4H9F3N2/c1-2(8)3(9)4(5,6)7/h2-3H,8-9H2,1H3. The van der Waals surface area contributed by atoms with Gasteiger partial charge in [-0.25, -0.2) is 0 Å². The van der Waals surface area contributed by atoms with Gasteiger partial charge in [0.1, 0.15) is 6.04 Å². The summed E-state index contributed by atoms with van der Waals surface area (Å²) < 4.78 is 34.5. The molecule has 0 fully saturated rings. The Bertz CT molecular complexity index is 88.3. The van der Waals surface area contributed by atoms with Crippen molar-refractivity contribution in [3.05, 3.63) is 0 Å². The van der Waals surface area contributed by atoms with Crippen LogP contribution in [-0.4, -0.2) is 18.3 Å². The lowest BCUT2D eigenvalue weighted by Crippen LogP contribution is -2.49. The van der Waals surface area contributed by atoms with Crippen molar-refractivity contribution in [1.82, 2.24) is 0 Å². The molecule has 0 saturated carbocycles. The van der Waals surface area contributed by atoms with E-state index in [1.165, 1.54) is 6.92 Å². The molecule has 2 nitrogen and oxygen atoms in total. The zero-order chi connectivity index (χ0) is 7.65. The van der Waals surface area contributed by atoms with Gasteiger partial charge in [-0.2, -0.15) is 13.2 Å². The van der Waals surface area contributed by atoms with Crippen LogP contribution in [0.2, 0.25) is 0 Å². The summed E-state index contributed by atoms with van der Waals surface area (Å²) in [6.07, 6.45) is -4.37. The Kier molecular flexibility index (Phi) is 2.45. The van der Waals surface area contributed by atoms with E-state index in [0.717, 1.165) is 0 Å². The molecule has 0 aromatic rings. The van der Waals surface area contributed by atoms with E-state index >= 15 is 0 Å². The first-order valence-electron chi connectivity index (χ1n) is 2.43. The van der Waals surface area contributed by atoms with Crippen molar-refractivity contribution in [2.75, 3.05) is 0 Å². The first kappa shape index (κ1) is 8.71. The van der Waals surface area contributed by atoms with Crippen LogP contribution in [0, 0.1) is 0 Å². The first-order valence-corrected chi connectivity index (χ1v) is 2.43. The summed E-state index contributed by atoms with van der Waals surface area (Å²) in [5.74, 6) is 0. The summed E-state index contributed by atoms with van der Waals surface area (Å²) in [5, 5.41) is 0. The molecule has 2 unspecified atom stereocenters. The lowest BCUT2D eigenvalue weighted by molar-refractivity contribution is -0.150. The van der Waals surface area contributed by atoms with Gasteiger partial charge in [-0.15, -0.1) is 0 Å². The molecule has 0 spiro atoms. The first-order chi connectivity index (χ1) is 3.85. The van der Waals surface area contributed by atoms with Gasteiger partial charge in [-0.1, -0.05) is 0 Å². The monoisotopic (exact) mass is 142 g/mol. The van der Waals surface area contributed by atoms with Gasteiger partial charge in [0.05, 0.1) is 0 Å². The van der Waals surface area contributed by atoms with Crippen LogP contribution < -0.4 is 11.5 Å². The molecule has 0 saturated heterocycles. The summed E-state index contributed by atoms with van der Waals surface area (Å²) in [4.78, 5) is 0. The van der Waals surface area contributed by atoms with Crippen molar-refractivity contribution in [1.29, 1.82) is 0 Å². The molecule has 2 atom stereocenters. The number of hydrogen-bond donors (Lipinski definition) is 2. The van der Waals surface area contributed by atoms with Crippen molar-refractivity contribution in [2.24, 2.45) is 11.5 Å². The summed E-state index contributed by atoms with van der Waals surface area (Å²) >= 11 is 0. The Morgan fingerprint density at radius 1 is 1.22 bits per heavy atom. The fourth-order valence-corrected chi connectivity index (χ4v) is 0.298. The number of hydrogen-bond acceptors (Lipinski definition) is 2. The molecule has 0 aliphatic heterocycles. The number of halogens is 3. The van der Waals surface area contributed by atoms with E-state index in [0.29, 0.717) is 0 Å². The summed E-state index contributed by atoms with van der Waals surface area (Å²) in [5.41, 5.74) is 9.52. The summed E-state index contributed by atoms with van der Waals surface area (Å²) in [6, 6.07) is -2.94. The fraction of sp³-hybridized carbons (Fsp3) is 1.00. The molecule has 0 rings (SSSR count). The number of rotatable bonds is 1. The quantitative estimate of drug-likeness (QED) is 0.550. The molecule has 0 amide bonds. The molecule has 0 aromatic heterocycles. The zero-order valence-electron chi connectivity index (χ0n) is 4.94. The van der Waals surface area contributed by atoms with Crippen molar-refractivity contribution in [2.45, 2.75) is 25.2 Å². The van der Waals surface area contributed by atoms with E-state index in [2.05, 4.69) is 5.73 Å². The molecule has 56 valence electrons. The SMILES string of the molecule is CC(N)C(N)C(F)(F)F. The van der Waals surface area contributed by atoms with E-state index in [-0.39, 0.29) is 0 Å². The second kappa shape index (κ2) is 2.53. The molecule has 0 heterocycles. The Morgan fingerprint density at radius 3 is 1.56 bits per heavy atom. The molecule has 0 radical (unpaired) electrons. The van der Waals surface area contributed by atoms with Gasteiger partial charge in [-0.05, 0) is 6.92 Å². The minimum absolute atomic E-state index is 1.04. The van der Waals surface area contributed by atoms with Crippen LogP contribution in [0.15, 0.2) is 0 Å². The predicted octanol–water partition coefficient (Wildman–Crippen LogP) is 0.223. The van der Waals surface area contributed by atoms with E-state index in [9.17, 15) is 13.2 Å². The zero-order valence-corrected chi connectivity index (χ0v) is 4.94. The van der Waals surface area contributed by atoms with Gasteiger partial charge in [-0.3, -0.25) is 0 Å². The minimum Gasteiger partial charge on any atom is -0.326 e. The van der Waals surface area contributed by atoms with Gasteiger partial charge in [0, 0.05) is 6.04 Å². The second-order valence-corrected chi connectivity index (χ2v) is 1.93. The molecule has 9 heavy (non-hydrogen) atoms. The fourth-order valence-electron chi connectivity index (χ4n) is 0.298. The average molecular weight is 142 g/mol. The maximum absolute atomic E-state index is 11.5. The molecule has 5 heteroatoms. The van der Waals surface area contributed by atoms with Crippen molar-refractivity contribution in [3.8, 4) is 0 Å². The molecular formula is C4H9F3N2. The third-order valence-corrected chi connectivity index (χ3v) is 0.944. The van der Waals surface area contributed by atoms with Crippen LogP contribution in [0.5, 0.6) is 0 Å². The Morgan fingerprint density at radius 2 is 1.56 bits per heavy atom. The summed E-state index contributed by atoms with van der Waals surface area (Å²) in [7, 11) is 0. The van der Waals surface area contributed by atoms with E-state index < -0.39 is 18.3 Å². The molecule has 0 bridgehead atoms. The maximum atomic E-state index is 11.5. The third kappa shape index (κ3) is 2.67. The Hall–Kier alpha value is -0.290.